The van der Waals surface area contributed by atoms with Gasteiger partial charge in [0.05, 0.1) is 0 Å². The van der Waals surface area contributed by atoms with E-state index in [4.69, 9.17) is 4.42 Å². The van der Waals surface area contributed by atoms with E-state index in [1.165, 1.54) is 13.0 Å². The van der Waals surface area contributed by atoms with Gasteiger partial charge in [-0.2, -0.15) is 0 Å². The normalized spacial score (nSPS) is 28.1. The second-order valence-electron chi connectivity index (χ2n) is 5.80. The number of carbonyl (C=O) groups excluding carboxylic acids is 1. The summed E-state index contributed by atoms with van der Waals surface area (Å²) in [5.74, 6) is 1.23. The van der Waals surface area contributed by atoms with Gasteiger partial charge in [-0.25, -0.2) is 4.98 Å². The van der Waals surface area contributed by atoms with Crippen molar-refractivity contribution in [2.24, 2.45) is 5.92 Å². The Hall–Kier alpha value is -1.88. The largest absolute Gasteiger partial charge is 0.441 e. The minimum absolute atomic E-state index is 0.0142. The molecule has 0 saturated carbocycles. The number of amides is 1. The standard InChI is InChI=1S/C15H17N3O2/c1-9-16-12-3-2-10(6-14(12)20-9)15(19)17-13-8-18-5-4-11(13)7-18/h2-3,6,11,13H,4-5,7-8H2,1H3,(H,17,19)/t11-,13?/m0/s1. The van der Waals surface area contributed by atoms with Crippen LogP contribution in [-0.2, 0) is 0 Å². The molecule has 5 heteroatoms. The third kappa shape index (κ3) is 1.89. The van der Waals surface area contributed by atoms with E-state index in [1.54, 1.807) is 6.07 Å². The van der Waals surface area contributed by atoms with E-state index < -0.39 is 0 Å². The van der Waals surface area contributed by atoms with Crippen LogP contribution in [0.5, 0.6) is 0 Å². The average molecular weight is 271 g/mol. The first-order valence-corrected chi connectivity index (χ1v) is 7.09. The van der Waals surface area contributed by atoms with Gasteiger partial charge in [0.1, 0.15) is 5.52 Å². The van der Waals surface area contributed by atoms with Crippen LogP contribution in [0.2, 0.25) is 0 Å². The van der Waals surface area contributed by atoms with Gasteiger partial charge in [-0.05, 0) is 37.1 Å². The summed E-state index contributed by atoms with van der Waals surface area (Å²) in [5, 5.41) is 3.16. The van der Waals surface area contributed by atoms with Gasteiger partial charge in [-0.1, -0.05) is 0 Å². The van der Waals surface area contributed by atoms with Crippen LogP contribution in [0.4, 0.5) is 0 Å². The van der Waals surface area contributed by atoms with E-state index in [9.17, 15) is 4.79 Å². The highest BCUT2D eigenvalue weighted by molar-refractivity contribution is 5.97. The van der Waals surface area contributed by atoms with E-state index >= 15 is 0 Å². The van der Waals surface area contributed by atoms with Crippen molar-refractivity contribution in [2.75, 3.05) is 19.6 Å². The minimum Gasteiger partial charge on any atom is -0.441 e. The summed E-state index contributed by atoms with van der Waals surface area (Å²) in [6.07, 6.45) is 1.20. The van der Waals surface area contributed by atoms with E-state index in [1.807, 2.05) is 19.1 Å². The fraction of sp³-hybridized carbons (Fsp3) is 0.467. The fourth-order valence-electron chi connectivity index (χ4n) is 3.38. The summed E-state index contributed by atoms with van der Waals surface area (Å²) < 4.78 is 5.48. The monoisotopic (exact) mass is 271 g/mol. The highest BCUT2D eigenvalue weighted by Crippen LogP contribution is 2.28. The number of aryl methyl sites for hydroxylation is 1. The van der Waals surface area contributed by atoms with E-state index in [0.717, 1.165) is 18.6 Å². The van der Waals surface area contributed by atoms with Crippen molar-refractivity contribution in [3.8, 4) is 0 Å². The van der Waals surface area contributed by atoms with Crippen LogP contribution < -0.4 is 5.32 Å². The molecule has 2 unspecified atom stereocenters. The first kappa shape index (κ1) is 11.9. The maximum atomic E-state index is 12.3. The summed E-state index contributed by atoms with van der Waals surface area (Å²) in [6.45, 7) is 5.11. The fourth-order valence-corrected chi connectivity index (χ4v) is 3.38. The zero-order chi connectivity index (χ0) is 13.7. The van der Waals surface area contributed by atoms with Gasteiger partial charge in [0.2, 0.25) is 0 Å². The van der Waals surface area contributed by atoms with Crippen LogP contribution in [-0.4, -0.2) is 41.5 Å². The summed E-state index contributed by atoms with van der Waals surface area (Å²) >= 11 is 0. The van der Waals surface area contributed by atoms with Crippen molar-refractivity contribution in [3.63, 3.8) is 0 Å². The lowest BCUT2D eigenvalue weighted by Crippen LogP contribution is -2.43. The molecule has 1 amide bonds. The molecule has 2 aliphatic heterocycles. The Kier molecular flexibility index (Phi) is 2.57. The lowest BCUT2D eigenvalue weighted by Gasteiger charge is -2.23. The summed E-state index contributed by atoms with van der Waals surface area (Å²) in [7, 11) is 0. The molecule has 2 fully saturated rings. The highest BCUT2D eigenvalue weighted by Gasteiger charge is 2.38. The lowest BCUT2D eigenvalue weighted by molar-refractivity contribution is 0.0924. The van der Waals surface area contributed by atoms with Gasteiger partial charge in [-0.3, -0.25) is 4.79 Å². The number of nitrogens with one attached hydrogen (secondary N) is 1. The Morgan fingerprint density at radius 2 is 2.35 bits per heavy atom. The molecule has 4 rings (SSSR count). The maximum absolute atomic E-state index is 12.3. The molecule has 104 valence electrons. The Labute approximate surface area is 117 Å². The smallest absolute Gasteiger partial charge is 0.251 e. The molecule has 0 spiro atoms. The first-order valence-electron chi connectivity index (χ1n) is 7.09. The molecule has 3 atom stereocenters. The zero-order valence-corrected chi connectivity index (χ0v) is 11.4. The highest BCUT2D eigenvalue weighted by atomic mass is 16.3. The molecule has 2 aromatic rings. The number of hydrogen-bond acceptors (Lipinski definition) is 4. The van der Waals surface area contributed by atoms with Crippen LogP contribution in [0.1, 0.15) is 22.7 Å². The molecule has 0 aliphatic carbocycles. The van der Waals surface area contributed by atoms with E-state index in [2.05, 4.69) is 15.2 Å². The van der Waals surface area contributed by atoms with Crippen molar-refractivity contribution < 1.29 is 9.21 Å². The Morgan fingerprint density at radius 3 is 3.10 bits per heavy atom. The SMILES string of the molecule is Cc1nc2ccc(C(=O)NC3CN4CC[C@H]3C4)cc2o1. The summed E-state index contributed by atoms with van der Waals surface area (Å²) in [5.41, 5.74) is 2.11. The first-order chi connectivity index (χ1) is 9.69. The topological polar surface area (TPSA) is 58.4 Å². The third-order valence-electron chi connectivity index (χ3n) is 4.41. The van der Waals surface area contributed by atoms with Crippen LogP contribution in [0, 0.1) is 12.8 Å². The number of oxazole rings is 1. The lowest BCUT2D eigenvalue weighted by atomic mass is 9.99. The van der Waals surface area contributed by atoms with Gasteiger partial charge in [0.25, 0.3) is 5.91 Å². The quantitative estimate of drug-likeness (QED) is 0.900. The van der Waals surface area contributed by atoms with Gasteiger partial charge in [0.15, 0.2) is 11.5 Å². The van der Waals surface area contributed by atoms with Gasteiger partial charge in [-0.15, -0.1) is 0 Å². The van der Waals surface area contributed by atoms with E-state index in [0.29, 0.717) is 29.0 Å². The Balaban J connectivity index is 1.54. The molecule has 2 saturated heterocycles. The molecule has 5 nitrogen and oxygen atoms in total. The number of fused-ring (bicyclic) bond motifs is 3. The molecular formula is C15H17N3O2. The number of piperidine rings is 1. The second-order valence-corrected chi connectivity index (χ2v) is 5.80. The molecule has 1 aromatic carbocycles. The predicted molar refractivity (Wildman–Crippen MR) is 74.5 cm³/mol. The average Bonchev–Trinajstić information content (AvgIpc) is 3.10. The van der Waals surface area contributed by atoms with Gasteiger partial charge < -0.3 is 14.6 Å². The number of nitrogens with zero attached hydrogens (tertiary/aromatic N) is 2. The van der Waals surface area contributed by atoms with Crippen LogP contribution in [0.3, 0.4) is 0 Å². The number of benzene rings is 1. The Morgan fingerprint density at radius 1 is 1.45 bits per heavy atom. The molecular weight excluding hydrogens is 254 g/mol. The van der Waals surface area contributed by atoms with Crippen LogP contribution in [0.15, 0.2) is 22.6 Å². The number of rotatable bonds is 2. The van der Waals surface area contributed by atoms with Crippen molar-refractivity contribution in [3.05, 3.63) is 29.7 Å². The number of aromatic nitrogens is 1. The van der Waals surface area contributed by atoms with Gasteiger partial charge in [0, 0.05) is 31.6 Å². The Bertz CT molecular complexity index is 679. The van der Waals surface area contributed by atoms with Crippen LogP contribution in [0.25, 0.3) is 11.1 Å². The van der Waals surface area contributed by atoms with Crippen molar-refractivity contribution in [1.82, 2.24) is 15.2 Å². The molecule has 1 N–H and O–H groups in total. The van der Waals surface area contributed by atoms with Crippen molar-refractivity contribution >= 4 is 17.0 Å². The molecule has 2 bridgehead atoms. The molecule has 0 radical (unpaired) electrons. The second kappa shape index (κ2) is 4.31. The number of hydrogen-bond donors (Lipinski definition) is 1. The summed E-state index contributed by atoms with van der Waals surface area (Å²) in [6, 6.07) is 5.72. The zero-order valence-electron chi connectivity index (χ0n) is 11.4. The van der Waals surface area contributed by atoms with E-state index in [-0.39, 0.29) is 5.91 Å². The van der Waals surface area contributed by atoms with Gasteiger partial charge >= 0.3 is 0 Å². The van der Waals surface area contributed by atoms with Crippen molar-refractivity contribution in [1.29, 1.82) is 0 Å². The molecule has 2 aliphatic rings. The molecule has 1 aromatic heterocycles. The van der Waals surface area contributed by atoms with Crippen molar-refractivity contribution in [2.45, 2.75) is 19.4 Å². The maximum Gasteiger partial charge on any atom is 0.251 e. The van der Waals surface area contributed by atoms with Crippen LogP contribution >= 0.6 is 0 Å². The summed E-state index contributed by atoms with van der Waals surface area (Å²) in [4.78, 5) is 19.0. The molecule has 3 heterocycles. The predicted octanol–water partition coefficient (Wildman–Crippen LogP) is 1.57. The number of carbonyl (C=O) groups is 1. The third-order valence-corrected chi connectivity index (χ3v) is 4.41. The minimum atomic E-state index is -0.0142. The molecule has 20 heavy (non-hydrogen) atoms.